The number of carbonyl (C=O) groups excluding carboxylic acids is 1. The first-order valence-corrected chi connectivity index (χ1v) is 8.78. The zero-order valence-electron chi connectivity index (χ0n) is 13.4. The summed E-state index contributed by atoms with van der Waals surface area (Å²) in [5.41, 5.74) is 0.944. The van der Waals surface area contributed by atoms with E-state index < -0.39 is 0 Å². The Kier molecular flexibility index (Phi) is 4.61. The van der Waals surface area contributed by atoms with Crippen molar-refractivity contribution in [2.45, 2.75) is 39.7 Å². The molecule has 0 saturated heterocycles. The topological polar surface area (TPSA) is 64.0 Å². The van der Waals surface area contributed by atoms with Gasteiger partial charge in [0.1, 0.15) is 6.54 Å². The van der Waals surface area contributed by atoms with Crippen LogP contribution in [0.3, 0.4) is 0 Å². The van der Waals surface area contributed by atoms with Gasteiger partial charge in [-0.25, -0.2) is 4.98 Å². The number of rotatable bonds is 4. The van der Waals surface area contributed by atoms with Crippen LogP contribution in [0, 0.1) is 11.8 Å². The maximum atomic E-state index is 12.1. The van der Waals surface area contributed by atoms with Crippen LogP contribution in [-0.2, 0) is 24.2 Å². The molecule has 1 amide bonds. The molecule has 1 N–H and O–H groups in total. The van der Waals surface area contributed by atoms with Crippen LogP contribution in [0.25, 0.3) is 0 Å². The molecule has 23 heavy (non-hydrogen) atoms. The molecule has 0 fully saturated rings. The number of thiazole rings is 1. The van der Waals surface area contributed by atoms with Gasteiger partial charge in [0.05, 0.1) is 5.69 Å². The summed E-state index contributed by atoms with van der Waals surface area (Å²) in [6.45, 7) is 4.53. The molecule has 0 aliphatic heterocycles. The van der Waals surface area contributed by atoms with E-state index >= 15 is 0 Å². The fourth-order valence-corrected chi connectivity index (χ4v) is 4.04. The summed E-state index contributed by atoms with van der Waals surface area (Å²) in [5.74, 6) is 1.16. The molecule has 0 spiro atoms. The van der Waals surface area contributed by atoms with Crippen LogP contribution in [0.1, 0.15) is 30.8 Å². The zero-order chi connectivity index (χ0) is 16.4. The third kappa shape index (κ3) is 3.69. The van der Waals surface area contributed by atoms with Crippen molar-refractivity contribution < 1.29 is 4.79 Å². The van der Waals surface area contributed by atoms with E-state index in [1.165, 1.54) is 21.9 Å². The quantitative estimate of drug-likeness (QED) is 0.937. The second kappa shape index (κ2) is 6.66. The molecular formula is C17H21N3O2S. The Balaban J connectivity index is 1.66. The highest BCUT2D eigenvalue weighted by Gasteiger charge is 2.24. The smallest absolute Gasteiger partial charge is 0.250 e. The Morgan fingerprint density at radius 2 is 2.30 bits per heavy atom. The third-order valence-corrected chi connectivity index (χ3v) is 5.42. The molecule has 2 aromatic rings. The normalized spacial score (nSPS) is 17.1. The van der Waals surface area contributed by atoms with Gasteiger partial charge in [-0.1, -0.05) is 19.9 Å². The standard InChI is InChI=1S/C17H21N3O2S/c1-11(2)12-6-7-13-14(9-12)23-17(18-13)19-15(21)10-20-8-4-3-5-16(20)22/h3-5,8,11-12H,6-7,9-10H2,1-2H3,(H,18,19,21). The fraction of sp³-hybridized carbons (Fsp3) is 0.471. The lowest BCUT2D eigenvalue weighted by Crippen LogP contribution is -2.26. The average Bonchev–Trinajstić information content (AvgIpc) is 2.90. The second-order valence-electron chi connectivity index (χ2n) is 6.35. The van der Waals surface area contributed by atoms with E-state index in [2.05, 4.69) is 24.1 Å². The first kappa shape index (κ1) is 15.9. The minimum Gasteiger partial charge on any atom is -0.306 e. The number of amides is 1. The Bertz CT molecular complexity index is 763. The van der Waals surface area contributed by atoms with E-state index in [4.69, 9.17) is 0 Å². The molecular weight excluding hydrogens is 310 g/mol. The van der Waals surface area contributed by atoms with Gasteiger partial charge in [0, 0.05) is 17.1 Å². The predicted molar refractivity (Wildman–Crippen MR) is 91.8 cm³/mol. The summed E-state index contributed by atoms with van der Waals surface area (Å²) in [6, 6.07) is 4.85. The minimum atomic E-state index is -0.218. The number of hydrogen-bond donors (Lipinski definition) is 1. The molecule has 0 aromatic carbocycles. The van der Waals surface area contributed by atoms with Crippen LogP contribution in [0.2, 0.25) is 0 Å². The number of hydrogen-bond acceptors (Lipinski definition) is 4. The summed E-state index contributed by atoms with van der Waals surface area (Å²) in [4.78, 5) is 29.6. The summed E-state index contributed by atoms with van der Waals surface area (Å²) in [5, 5.41) is 3.47. The average molecular weight is 331 g/mol. The summed E-state index contributed by atoms with van der Waals surface area (Å²) >= 11 is 1.57. The molecule has 1 aliphatic carbocycles. The van der Waals surface area contributed by atoms with Gasteiger partial charge < -0.3 is 9.88 Å². The fourth-order valence-electron chi connectivity index (χ4n) is 2.93. The molecule has 3 rings (SSSR count). The van der Waals surface area contributed by atoms with Crippen molar-refractivity contribution >= 4 is 22.4 Å². The van der Waals surface area contributed by atoms with Crippen molar-refractivity contribution in [3.05, 3.63) is 45.3 Å². The van der Waals surface area contributed by atoms with E-state index in [0.29, 0.717) is 17.0 Å². The lowest BCUT2D eigenvalue weighted by molar-refractivity contribution is -0.116. The van der Waals surface area contributed by atoms with Gasteiger partial charge in [0.25, 0.3) is 5.56 Å². The number of anilines is 1. The van der Waals surface area contributed by atoms with Crippen LogP contribution >= 0.6 is 11.3 Å². The number of aromatic nitrogens is 2. The SMILES string of the molecule is CC(C)C1CCc2nc(NC(=O)Cn3ccccc3=O)sc2C1. The van der Waals surface area contributed by atoms with Crippen molar-refractivity contribution in [1.29, 1.82) is 0 Å². The Hall–Kier alpha value is -1.95. The highest BCUT2D eigenvalue weighted by molar-refractivity contribution is 7.15. The van der Waals surface area contributed by atoms with E-state index in [-0.39, 0.29) is 18.0 Å². The summed E-state index contributed by atoms with van der Waals surface area (Å²) in [6.07, 6.45) is 4.82. The molecule has 1 unspecified atom stereocenters. The van der Waals surface area contributed by atoms with Gasteiger partial charge in [-0.2, -0.15) is 0 Å². The Labute approximate surface area is 139 Å². The first-order valence-electron chi connectivity index (χ1n) is 7.97. The molecule has 0 saturated carbocycles. The lowest BCUT2D eigenvalue weighted by atomic mass is 9.83. The van der Waals surface area contributed by atoms with E-state index in [1.807, 2.05) is 0 Å². The van der Waals surface area contributed by atoms with Gasteiger partial charge in [-0.3, -0.25) is 9.59 Å². The maximum absolute atomic E-state index is 12.1. The highest BCUT2D eigenvalue weighted by atomic mass is 32.1. The van der Waals surface area contributed by atoms with Crippen LogP contribution < -0.4 is 10.9 Å². The van der Waals surface area contributed by atoms with Crippen molar-refractivity contribution in [3.63, 3.8) is 0 Å². The number of nitrogens with zero attached hydrogens (tertiary/aromatic N) is 2. The second-order valence-corrected chi connectivity index (χ2v) is 7.43. The van der Waals surface area contributed by atoms with Crippen LogP contribution in [-0.4, -0.2) is 15.5 Å². The molecule has 2 heterocycles. The third-order valence-electron chi connectivity index (χ3n) is 4.38. The van der Waals surface area contributed by atoms with Crippen molar-refractivity contribution in [2.24, 2.45) is 11.8 Å². The van der Waals surface area contributed by atoms with Crippen LogP contribution in [0.4, 0.5) is 5.13 Å². The van der Waals surface area contributed by atoms with Crippen molar-refractivity contribution in [3.8, 4) is 0 Å². The van der Waals surface area contributed by atoms with E-state index in [1.54, 1.807) is 29.7 Å². The molecule has 1 atom stereocenters. The maximum Gasteiger partial charge on any atom is 0.250 e. The van der Waals surface area contributed by atoms with E-state index in [0.717, 1.165) is 18.5 Å². The zero-order valence-corrected chi connectivity index (χ0v) is 14.2. The van der Waals surface area contributed by atoms with Crippen molar-refractivity contribution in [1.82, 2.24) is 9.55 Å². The first-order chi connectivity index (χ1) is 11.0. The number of carbonyl (C=O) groups is 1. The molecule has 0 radical (unpaired) electrons. The molecule has 2 aromatic heterocycles. The van der Waals surface area contributed by atoms with Gasteiger partial charge in [0.15, 0.2) is 5.13 Å². The monoisotopic (exact) mass is 331 g/mol. The number of aryl methyl sites for hydroxylation is 1. The van der Waals surface area contributed by atoms with Gasteiger partial charge in [-0.05, 0) is 37.2 Å². The minimum absolute atomic E-state index is 0.0124. The summed E-state index contributed by atoms with van der Waals surface area (Å²) < 4.78 is 1.39. The van der Waals surface area contributed by atoms with E-state index in [9.17, 15) is 9.59 Å². The molecule has 6 heteroatoms. The molecule has 0 bridgehead atoms. The van der Waals surface area contributed by atoms with Gasteiger partial charge in [-0.15, -0.1) is 11.3 Å². The Morgan fingerprint density at radius 1 is 1.48 bits per heavy atom. The lowest BCUT2D eigenvalue weighted by Gasteiger charge is -2.24. The Morgan fingerprint density at radius 3 is 3.04 bits per heavy atom. The number of fused-ring (bicyclic) bond motifs is 1. The predicted octanol–water partition coefficient (Wildman–Crippen LogP) is 2.70. The summed E-state index contributed by atoms with van der Waals surface area (Å²) in [7, 11) is 0. The molecule has 122 valence electrons. The van der Waals surface area contributed by atoms with Crippen LogP contribution in [0.15, 0.2) is 29.2 Å². The number of pyridine rings is 1. The van der Waals surface area contributed by atoms with Crippen molar-refractivity contribution in [2.75, 3.05) is 5.32 Å². The highest BCUT2D eigenvalue weighted by Crippen LogP contribution is 2.35. The molecule has 1 aliphatic rings. The van der Waals surface area contributed by atoms with Gasteiger partial charge >= 0.3 is 0 Å². The van der Waals surface area contributed by atoms with Gasteiger partial charge in [0.2, 0.25) is 5.91 Å². The molecule has 5 nitrogen and oxygen atoms in total. The number of nitrogens with one attached hydrogen (secondary N) is 1. The van der Waals surface area contributed by atoms with Crippen LogP contribution in [0.5, 0.6) is 0 Å². The largest absolute Gasteiger partial charge is 0.306 e.